The van der Waals surface area contributed by atoms with E-state index in [0.29, 0.717) is 31.1 Å². The molecule has 0 bridgehead atoms. The first-order valence-corrected chi connectivity index (χ1v) is 10.1. The summed E-state index contributed by atoms with van der Waals surface area (Å²) in [5.41, 5.74) is 0. The molecular weight excluding hydrogens is 346 g/mol. The molecule has 136 valence electrons. The Balaban J connectivity index is 1.73. The lowest BCUT2D eigenvalue weighted by Gasteiger charge is -2.32. The summed E-state index contributed by atoms with van der Waals surface area (Å²) in [5, 5.41) is 9.58. The smallest absolute Gasteiger partial charge is 0.322 e. The predicted octanol–water partition coefficient (Wildman–Crippen LogP) is 1.86. The zero-order chi connectivity index (χ0) is 17.6. The standard InChI is InChI=1S/C17H21NO6S/c19-17(20)14-9-11-3-1-2-4-13(11)18(14)25(21,22)12-5-6-15-16(10-12)24-8-7-23-15/h5-6,10-11,13-14H,1-4,7-9H2,(H,19,20)/t11-,13+,14-/m0/s1. The van der Waals surface area contributed by atoms with Crippen LogP contribution < -0.4 is 9.47 Å². The van der Waals surface area contributed by atoms with Crippen LogP contribution >= 0.6 is 0 Å². The fraction of sp³-hybridized carbons (Fsp3) is 0.588. The number of ether oxygens (including phenoxy) is 2. The second-order valence-electron chi connectivity index (χ2n) is 6.84. The molecule has 0 unspecified atom stereocenters. The van der Waals surface area contributed by atoms with E-state index >= 15 is 0 Å². The highest BCUT2D eigenvalue weighted by molar-refractivity contribution is 7.89. The molecule has 2 fully saturated rings. The van der Waals surface area contributed by atoms with Gasteiger partial charge in [-0.15, -0.1) is 0 Å². The minimum atomic E-state index is -3.92. The number of rotatable bonds is 3. The summed E-state index contributed by atoms with van der Waals surface area (Å²) in [5.74, 6) is -0.0482. The lowest BCUT2D eigenvalue weighted by atomic mass is 9.85. The largest absolute Gasteiger partial charge is 0.486 e. The molecule has 2 aliphatic heterocycles. The van der Waals surface area contributed by atoms with Gasteiger partial charge in [-0.1, -0.05) is 12.8 Å². The number of nitrogens with zero attached hydrogens (tertiary/aromatic N) is 1. The van der Waals surface area contributed by atoms with Crippen LogP contribution in [0.3, 0.4) is 0 Å². The maximum absolute atomic E-state index is 13.3. The Bertz CT molecular complexity index is 792. The molecule has 3 atom stereocenters. The van der Waals surface area contributed by atoms with E-state index in [1.54, 1.807) is 6.07 Å². The Kier molecular flexibility index (Phi) is 4.11. The van der Waals surface area contributed by atoms with Crippen molar-refractivity contribution in [2.24, 2.45) is 5.92 Å². The number of fused-ring (bicyclic) bond motifs is 2. The van der Waals surface area contributed by atoms with E-state index in [9.17, 15) is 18.3 Å². The summed E-state index contributed by atoms with van der Waals surface area (Å²) in [6, 6.07) is 3.27. The molecule has 1 saturated carbocycles. The van der Waals surface area contributed by atoms with E-state index in [0.717, 1.165) is 25.7 Å². The van der Waals surface area contributed by atoms with Crippen LogP contribution in [-0.2, 0) is 14.8 Å². The number of carboxylic acid groups (broad SMARTS) is 1. The average Bonchev–Trinajstić information content (AvgIpc) is 3.02. The summed E-state index contributed by atoms with van der Waals surface area (Å²) in [6.07, 6.45) is 3.97. The topological polar surface area (TPSA) is 93.1 Å². The third-order valence-electron chi connectivity index (χ3n) is 5.40. The third-order valence-corrected chi connectivity index (χ3v) is 7.33. The molecule has 25 heavy (non-hydrogen) atoms. The maximum Gasteiger partial charge on any atom is 0.322 e. The molecule has 7 nitrogen and oxygen atoms in total. The van der Waals surface area contributed by atoms with Crippen LogP contribution in [0, 0.1) is 5.92 Å². The van der Waals surface area contributed by atoms with E-state index in [4.69, 9.17) is 9.47 Å². The second-order valence-corrected chi connectivity index (χ2v) is 8.69. The van der Waals surface area contributed by atoms with Crippen molar-refractivity contribution in [1.82, 2.24) is 4.31 Å². The van der Waals surface area contributed by atoms with Gasteiger partial charge in [0.15, 0.2) is 11.5 Å². The summed E-state index contributed by atoms with van der Waals surface area (Å²) in [7, 11) is -3.92. The van der Waals surface area contributed by atoms with Gasteiger partial charge in [-0.2, -0.15) is 4.31 Å². The van der Waals surface area contributed by atoms with Crippen molar-refractivity contribution < 1.29 is 27.8 Å². The van der Waals surface area contributed by atoms with Gasteiger partial charge in [-0.3, -0.25) is 4.79 Å². The molecule has 1 aliphatic carbocycles. The minimum absolute atomic E-state index is 0.0641. The first-order valence-electron chi connectivity index (χ1n) is 8.64. The van der Waals surface area contributed by atoms with E-state index in [1.165, 1.54) is 16.4 Å². The molecule has 0 radical (unpaired) electrons. The van der Waals surface area contributed by atoms with Crippen molar-refractivity contribution in [2.75, 3.05) is 13.2 Å². The van der Waals surface area contributed by atoms with Crippen LogP contribution in [0.2, 0.25) is 0 Å². The number of carboxylic acids is 1. The molecular formula is C17H21NO6S. The molecule has 1 aromatic carbocycles. The summed E-state index contributed by atoms with van der Waals surface area (Å²) < 4.78 is 38.7. The van der Waals surface area contributed by atoms with E-state index < -0.39 is 22.0 Å². The number of carbonyl (C=O) groups is 1. The predicted molar refractivity (Wildman–Crippen MR) is 88.2 cm³/mol. The van der Waals surface area contributed by atoms with Gasteiger partial charge in [0.1, 0.15) is 19.3 Å². The Labute approximate surface area is 146 Å². The van der Waals surface area contributed by atoms with Gasteiger partial charge in [0.25, 0.3) is 0 Å². The highest BCUT2D eigenvalue weighted by Gasteiger charge is 2.51. The van der Waals surface area contributed by atoms with Crippen molar-refractivity contribution in [3.8, 4) is 11.5 Å². The lowest BCUT2D eigenvalue weighted by Crippen LogP contribution is -2.46. The molecule has 1 N–H and O–H groups in total. The lowest BCUT2D eigenvalue weighted by molar-refractivity contribution is -0.141. The van der Waals surface area contributed by atoms with Gasteiger partial charge in [0, 0.05) is 12.1 Å². The van der Waals surface area contributed by atoms with E-state index in [-0.39, 0.29) is 16.9 Å². The fourth-order valence-corrected chi connectivity index (χ4v) is 6.17. The summed E-state index contributed by atoms with van der Waals surface area (Å²) in [4.78, 5) is 11.8. The highest BCUT2D eigenvalue weighted by atomic mass is 32.2. The normalized spacial score (nSPS) is 29.2. The van der Waals surface area contributed by atoms with Crippen molar-refractivity contribution >= 4 is 16.0 Å². The quantitative estimate of drug-likeness (QED) is 0.877. The molecule has 3 aliphatic rings. The van der Waals surface area contributed by atoms with Gasteiger partial charge in [-0.25, -0.2) is 8.42 Å². The third kappa shape index (κ3) is 2.77. The molecule has 0 spiro atoms. The Hall–Kier alpha value is -1.80. The van der Waals surface area contributed by atoms with Crippen molar-refractivity contribution in [1.29, 1.82) is 0 Å². The zero-order valence-electron chi connectivity index (χ0n) is 13.8. The number of aliphatic carboxylic acids is 1. The van der Waals surface area contributed by atoms with E-state index in [1.807, 2.05) is 0 Å². The minimum Gasteiger partial charge on any atom is -0.486 e. The van der Waals surface area contributed by atoms with Gasteiger partial charge >= 0.3 is 5.97 Å². The average molecular weight is 367 g/mol. The monoisotopic (exact) mass is 367 g/mol. The first-order chi connectivity index (χ1) is 12.0. The zero-order valence-corrected chi connectivity index (χ0v) is 14.6. The fourth-order valence-electron chi connectivity index (χ4n) is 4.28. The molecule has 0 amide bonds. The van der Waals surface area contributed by atoms with Crippen LogP contribution in [-0.4, -0.2) is 49.1 Å². The van der Waals surface area contributed by atoms with E-state index in [2.05, 4.69) is 0 Å². The number of sulfonamides is 1. The number of hydrogen-bond donors (Lipinski definition) is 1. The summed E-state index contributed by atoms with van der Waals surface area (Å²) in [6.45, 7) is 0.790. The molecule has 8 heteroatoms. The molecule has 4 rings (SSSR count). The molecule has 1 saturated heterocycles. The number of benzene rings is 1. The highest BCUT2D eigenvalue weighted by Crippen LogP contribution is 2.43. The maximum atomic E-state index is 13.3. The Morgan fingerprint density at radius 3 is 2.60 bits per heavy atom. The Morgan fingerprint density at radius 2 is 1.84 bits per heavy atom. The van der Waals surface area contributed by atoms with Crippen LogP contribution in [0.25, 0.3) is 0 Å². The Morgan fingerprint density at radius 1 is 1.12 bits per heavy atom. The van der Waals surface area contributed by atoms with Crippen molar-refractivity contribution in [2.45, 2.75) is 49.1 Å². The van der Waals surface area contributed by atoms with Crippen LogP contribution in [0.5, 0.6) is 11.5 Å². The molecule has 2 heterocycles. The van der Waals surface area contributed by atoms with Gasteiger partial charge in [0.2, 0.25) is 10.0 Å². The first kappa shape index (κ1) is 16.7. The number of hydrogen-bond acceptors (Lipinski definition) is 5. The van der Waals surface area contributed by atoms with Gasteiger partial charge in [0.05, 0.1) is 4.90 Å². The van der Waals surface area contributed by atoms with Gasteiger partial charge < -0.3 is 14.6 Å². The summed E-state index contributed by atoms with van der Waals surface area (Å²) >= 11 is 0. The molecule has 0 aromatic heterocycles. The SMILES string of the molecule is O=C(O)[C@@H]1C[C@@H]2CCCC[C@H]2N1S(=O)(=O)c1ccc2c(c1)OCCO2. The van der Waals surface area contributed by atoms with Crippen LogP contribution in [0.4, 0.5) is 0 Å². The van der Waals surface area contributed by atoms with Crippen molar-refractivity contribution in [3.05, 3.63) is 18.2 Å². The molecule has 1 aromatic rings. The van der Waals surface area contributed by atoms with Crippen molar-refractivity contribution in [3.63, 3.8) is 0 Å². The van der Waals surface area contributed by atoms with Crippen LogP contribution in [0.15, 0.2) is 23.1 Å². The van der Waals surface area contributed by atoms with Crippen LogP contribution in [0.1, 0.15) is 32.1 Å². The van der Waals surface area contributed by atoms with Gasteiger partial charge in [-0.05, 0) is 37.3 Å². The second kappa shape index (κ2) is 6.17.